The van der Waals surface area contributed by atoms with Crippen LogP contribution in [0.2, 0.25) is 0 Å². The average Bonchev–Trinajstić information content (AvgIpc) is 2.80. The molecule has 1 unspecified atom stereocenters. The normalized spacial score (nSPS) is 19.5. The zero-order valence-corrected chi connectivity index (χ0v) is 11.9. The molecule has 0 fully saturated rings. The highest BCUT2D eigenvalue weighted by Crippen LogP contribution is 2.36. The third-order valence-corrected chi connectivity index (χ3v) is 3.76. The molecule has 104 valence electrons. The van der Waals surface area contributed by atoms with E-state index in [9.17, 15) is 0 Å². The smallest absolute Gasteiger partial charge is 0.189 e. The number of guanidine groups is 1. The highest BCUT2D eigenvalue weighted by atomic mass is 15.3. The molecule has 0 radical (unpaired) electrons. The zero-order chi connectivity index (χ0) is 13.7. The molecule has 0 saturated carbocycles. The van der Waals surface area contributed by atoms with Crippen molar-refractivity contribution in [2.45, 2.75) is 38.8 Å². The Labute approximate surface area is 115 Å². The number of nitrogens with two attached hydrogens (primary N) is 1. The van der Waals surface area contributed by atoms with Crippen molar-refractivity contribution in [1.29, 1.82) is 0 Å². The van der Waals surface area contributed by atoms with Gasteiger partial charge in [0.1, 0.15) is 0 Å². The van der Waals surface area contributed by atoms with E-state index in [2.05, 4.69) is 46.4 Å². The second-order valence-electron chi connectivity index (χ2n) is 5.05. The molecule has 1 atom stereocenters. The minimum atomic E-state index is 0.505. The molecule has 1 heterocycles. The summed E-state index contributed by atoms with van der Waals surface area (Å²) < 4.78 is 0. The molecule has 0 saturated heterocycles. The lowest BCUT2D eigenvalue weighted by Crippen LogP contribution is -2.40. The van der Waals surface area contributed by atoms with E-state index in [1.165, 1.54) is 30.4 Å². The molecule has 2 rings (SSSR count). The molecule has 0 bridgehead atoms. The van der Waals surface area contributed by atoms with Crippen molar-refractivity contribution in [2.75, 3.05) is 13.7 Å². The molecule has 0 aliphatic carbocycles. The number of nitrogens with one attached hydrogen (secondary N) is 1. The predicted octanol–water partition coefficient (Wildman–Crippen LogP) is 2.23. The number of fused-ring (bicyclic) bond motifs is 1. The lowest BCUT2D eigenvalue weighted by atomic mass is 10.0. The monoisotopic (exact) mass is 260 g/mol. The van der Waals surface area contributed by atoms with Crippen LogP contribution < -0.4 is 11.1 Å². The summed E-state index contributed by atoms with van der Waals surface area (Å²) in [6.07, 6.45) is 3.70. The quantitative estimate of drug-likeness (QED) is 0.630. The number of rotatable bonds is 5. The molecular formula is C15H24N4. The molecule has 1 aromatic rings. The molecule has 0 amide bonds. The minimum absolute atomic E-state index is 0.505. The average molecular weight is 260 g/mol. The van der Waals surface area contributed by atoms with E-state index < -0.39 is 0 Å². The van der Waals surface area contributed by atoms with Gasteiger partial charge in [0, 0.05) is 19.6 Å². The van der Waals surface area contributed by atoms with Crippen molar-refractivity contribution in [2.24, 2.45) is 10.7 Å². The summed E-state index contributed by atoms with van der Waals surface area (Å²) in [6, 6.07) is 9.25. The topological polar surface area (TPSA) is 53.6 Å². The molecule has 4 heteroatoms. The first-order chi connectivity index (χ1) is 9.26. The Morgan fingerprint density at radius 3 is 3.00 bits per heavy atom. The van der Waals surface area contributed by atoms with E-state index >= 15 is 0 Å². The first-order valence-electron chi connectivity index (χ1n) is 7.04. The summed E-state index contributed by atoms with van der Waals surface area (Å²) in [6.45, 7) is 3.99. The van der Waals surface area contributed by atoms with Gasteiger partial charge in [0.2, 0.25) is 0 Å². The summed E-state index contributed by atoms with van der Waals surface area (Å²) in [7, 11) is 1.70. The van der Waals surface area contributed by atoms with Gasteiger partial charge in [0.15, 0.2) is 5.96 Å². The summed E-state index contributed by atoms with van der Waals surface area (Å²) in [4.78, 5) is 6.39. The summed E-state index contributed by atoms with van der Waals surface area (Å²) in [5, 5.41) is 3.17. The molecule has 4 nitrogen and oxygen atoms in total. The van der Waals surface area contributed by atoms with Crippen LogP contribution in [0.3, 0.4) is 0 Å². The van der Waals surface area contributed by atoms with Crippen molar-refractivity contribution >= 4 is 5.96 Å². The molecule has 1 aromatic carbocycles. The van der Waals surface area contributed by atoms with Crippen molar-refractivity contribution in [1.82, 2.24) is 10.2 Å². The fourth-order valence-corrected chi connectivity index (χ4v) is 2.69. The van der Waals surface area contributed by atoms with Crippen LogP contribution in [0.5, 0.6) is 0 Å². The molecular weight excluding hydrogens is 236 g/mol. The van der Waals surface area contributed by atoms with Gasteiger partial charge in [-0.15, -0.1) is 0 Å². The van der Waals surface area contributed by atoms with Crippen LogP contribution in [0.15, 0.2) is 29.3 Å². The van der Waals surface area contributed by atoms with Crippen molar-refractivity contribution in [3.8, 4) is 0 Å². The van der Waals surface area contributed by atoms with Gasteiger partial charge in [-0.3, -0.25) is 9.89 Å². The lowest BCUT2D eigenvalue weighted by Gasteiger charge is -2.25. The molecule has 19 heavy (non-hydrogen) atoms. The highest BCUT2D eigenvalue weighted by molar-refractivity contribution is 5.77. The van der Waals surface area contributed by atoms with Gasteiger partial charge in [0.05, 0.1) is 6.67 Å². The van der Waals surface area contributed by atoms with Crippen LogP contribution >= 0.6 is 0 Å². The number of unbranched alkanes of at least 4 members (excludes halogenated alkanes) is 1. The number of hydrogen-bond donors (Lipinski definition) is 2. The molecule has 1 aliphatic heterocycles. The molecule has 3 N–H and O–H groups in total. The van der Waals surface area contributed by atoms with Crippen LogP contribution in [0, 0.1) is 0 Å². The zero-order valence-electron chi connectivity index (χ0n) is 11.9. The lowest BCUT2D eigenvalue weighted by molar-refractivity contribution is 0.198. The molecule has 0 aromatic heterocycles. The van der Waals surface area contributed by atoms with Crippen molar-refractivity contribution < 1.29 is 0 Å². The van der Waals surface area contributed by atoms with Crippen molar-refractivity contribution in [3.63, 3.8) is 0 Å². The second-order valence-corrected chi connectivity index (χ2v) is 5.05. The Hall–Kier alpha value is -1.55. The van der Waals surface area contributed by atoms with Gasteiger partial charge in [-0.25, -0.2) is 0 Å². The van der Waals surface area contributed by atoms with E-state index in [0.717, 1.165) is 13.2 Å². The van der Waals surface area contributed by atoms with Gasteiger partial charge >= 0.3 is 0 Å². The van der Waals surface area contributed by atoms with Crippen LogP contribution in [0.4, 0.5) is 0 Å². The summed E-state index contributed by atoms with van der Waals surface area (Å²) >= 11 is 0. The van der Waals surface area contributed by atoms with Gasteiger partial charge in [-0.2, -0.15) is 0 Å². The van der Waals surface area contributed by atoms with Crippen LogP contribution in [-0.2, 0) is 6.54 Å². The van der Waals surface area contributed by atoms with E-state index in [0.29, 0.717) is 12.0 Å². The minimum Gasteiger partial charge on any atom is -0.370 e. The molecule has 0 spiro atoms. The Kier molecular flexibility index (Phi) is 4.80. The van der Waals surface area contributed by atoms with Crippen molar-refractivity contribution in [3.05, 3.63) is 35.4 Å². The summed E-state index contributed by atoms with van der Waals surface area (Å²) in [5.41, 5.74) is 8.63. The fourth-order valence-electron chi connectivity index (χ4n) is 2.69. The van der Waals surface area contributed by atoms with E-state index in [1.807, 2.05) is 0 Å². The third kappa shape index (κ3) is 3.26. The standard InChI is InChI=1S/C15H24N4/c1-3-4-9-14-13-8-6-5-7-12(13)10-19(14)11-18-15(16)17-2/h5-8,14H,3-4,9-11H2,1-2H3,(H3,16,17,18). The highest BCUT2D eigenvalue weighted by Gasteiger charge is 2.28. The van der Waals surface area contributed by atoms with E-state index in [1.54, 1.807) is 7.05 Å². The largest absolute Gasteiger partial charge is 0.370 e. The Balaban J connectivity index is 2.07. The maximum absolute atomic E-state index is 5.71. The van der Waals surface area contributed by atoms with Gasteiger partial charge < -0.3 is 11.1 Å². The second kappa shape index (κ2) is 6.57. The number of aliphatic imine (C=N–C) groups is 1. The van der Waals surface area contributed by atoms with E-state index in [4.69, 9.17) is 5.73 Å². The van der Waals surface area contributed by atoms with Gasteiger partial charge in [-0.1, -0.05) is 44.0 Å². The maximum atomic E-state index is 5.71. The Morgan fingerprint density at radius 2 is 2.26 bits per heavy atom. The third-order valence-electron chi connectivity index (χ3n) is 3.76. The number of benzene rings is 1. The first kappa shape index (κ1) is 13.9. The fraction of sp³-hybridized carbons (Fsp3) is 0.533. The molecule has 1 aliphatic rings. The van der Waals surface area contributed by atoms with Gasteiger partial charge in [0.25, 0.3) is 0 Å². The first-order valence-corrected chi connectivity index (χ1v) is 7.04. The predicted molar refractivity (Wildman–Crippen MR) is 79.8 cm³/mol. The van der Waals surface area contributed by atoms with E-state index in [-0.39, 0.29) is 0 Å². The van der Waals surface area contributed by atoms with Crippen LogP contribution in [-0.4, -0.2) is 24.6 Å². The summed E-state index contributed by atoms with van der Waals surface area (Å²) in [5.74, 6) is 0.505. The van der Waals surface area contributed by atoms with Crippen LogP contribution in [0.1, 0.15) is 43.4 Å². The Morgan fingerprint density at radius 1 is 1.47 bits per heavy atom. The SMILES string of the molecule is CCCCC1c2ccccc2CN1CNC(N)=NC. The number of nitrogens with zero attached hydrogens (tertiary/aromatic N) is 2. The van der Waals surface area contributed by atoms with Crippen LogP contribution in [0.25, 0.3) is 0 Å². The Bertz CT molecular complexity index is 442. The number of hydrogen-bond acceptors (Lipinski definition) is 2. The maximum Gasteiger partial charge on any atom is 0.189 e. The van der Waals surface area contributed by atoms with Gasteiger partial charge in [-0.05, 0) is 17.5 Å².